The van der Waals surface area contributed by atoms with Gasteiger partial charge in [0.1, 0.15) is 18.5 Å². The highest BCUT2D eigenvalue weighted by Crippen LogP contribution is 2.42. The Morgan fingerprint density at radius 3 is 2.24 bits per heavy atom. The molecule has 0 unspecified atom stereocenters. The number of aromatic nitrogens is 2. The highest BCUT2D eigenvalue weighted by atomic mass is 16.5. The molecule has 3 aromatic rings. The topological polar surface area (TPSA) is 88.5 Å². The first-order valence-electron chi connectivity index (χ1n) is 13.2. The molecule has 1 aromatic heterocycles. The first-order chi connectivity index (χ1) is 18.1. The summed E-state index contributed by atoms with van der Waals surface area (Å²) in [5.41, 5.74) is 2.46. The monoisotopic (exact) mass is 517 g/mol. The van der Waals surface area contributed by atoms with Gasteiger partial charge in [-0.15, -0.1) is 0 Å². The van der Waals surface area contributed by atoms with Gasteiger partial charge in [-0.2, -0.15) is 5.10 Å². The fraction of sp³-hybridized carbons (Fsp3) is 0.433. The number of hydrogen-bond donors (Lipinski definition) is 2. The van der Waals surface area contributed by atoms with E-state index in [4.69, 9.17) is 9.84 Å². The number of hydrogen-bond acceptors (Lipinski definition) is 5. The Labute approximate surface area is 225 Å². The fourth-order valence-electron chi connectivity index (χ4n) is 4.91. The predicted molar refractivity (Wildman–Crippen MR) is 149 cm³/mol. The molecule has 0 saturated carbocycles. The summed E-state index contributed by atoms with van der Waals surface area (Å²) in [6.07, 6.45) is 1.23. The first kappa shape index (κ1) is 27.4. The van der Waals surface area contributed by atoms with Crippen LogP contribution in [0.3, 0.4) is 0 Å². The molecule has 202 valence electrons. The van der Waals surface area contributed by atoms with E-state index >= 15 is 0 Å². The van der Waals surface area contributed by atoms with Crippen molar-refractivity contribution in [1.82, 2.24) is 20.0 Å². The molecule has 1 aliphatic heterocycles. The van der Waals surface area contributed by atoms with Crippen LogP contribution < -0.4 is 10.6 Å². The number of ether oxygens (including phenoxy) is 1. The third kappa shape index (κ3) is 6.25. The SMILES string of the molecule is C[C@H](NC(=O)OCc1ccccc1)C(=O)Nc1cc(C2(c3ccccc3)CCN(C)CC2)nn1C(C)(C)C. The van der Waals surface area contributed by atoms with Crippen LogP contribution in [0.4, 0.5) is 10.6 Å². The van der Waals surface area contributed by atoms with E-state index in [1.54, 1.807) is 6.92 Å². The van der Waals surface area contributed by atoms with Crippen molar-refractivity contribution in [3.05, 3.63) is 83.6 Å². The quantitative estimate of drug-likeness (QED) is 0.465. The van der Waals surface area contributed by atoms with Crippen LogP contribution >= 0.6 is 0 Å². The van der Waals surface area contributed by atoms with E-state index in [1.165, 1.54) is 5.56 Å². The van der Waals surface area contributed by atoms with Crippen molar-refractivity contribution < 1.29 is 14.3 Å². The lowest BCUT2D eigenvalue weighted by molar-refractivity contribution is -0.117. The molecule has 0 bridgehead atoms. The van der Waals surface area contributed by atoms with Gasteiger partial charge in [-0.25, -0.2) is 9.48 Å². The summed E-state index contributed by atoms with van der Waals surface area (Å²) < 4.78 is 7.16. The zero-order valence-electron chi connectivity index (χ0n) is 23.0. The minimum Gasteiger partial charge on any atom is -0.445 e. The molecule has 0 radical (unpaired) electrons. The average Bonchev–Trinajstić information content (AvgIpc) is 3.34. The standard InChI is InChI=1S/C30H39N5O3/c1-22(31-28(37)38-21-23-12-8-6-9-13-23)27(36)32-26-20-25(33-35(26)29(2,3)4)30(16-18-34(5)19-17-30)24-14-10-7-11-15-24/h6-15,20,22H,16-19,21H2,1-5H3,(H,31,37)(H,32,36)/t22-/m0/s1. The Bertz CT molecular complexity index is 1230. The van der Waals surface area contributed by atoms with Gasteiger partial charge >= 0.3 is 6.09 Å². The maximum absolute atomic E-state index is 13.2. The van der Waals surface area contributed by atoms with Crippen LogP contribution in [0.15, 0.2) is 66.7 Å². The van der Waals surface area contributed by atoms with Crippen molar-refractivity contribution in [2.75, 3.05) is 25.5 Å². The largest absolute Gasteiger partial charge is 0.445 e. The number of likely N-dealkylation sites (tertiary alicyclic amines) is 1. The molecule has 1 saturated heterocycles. The van der Waals surface area contributed by atoms with E-state index in [9.17, 15) is 9.59 Å². The molecule has 1 fully saturated rings. The van der Waals surface area contributed by atoms with Crippen LogP contribution in [0, 0.1) is 0 Å². The molecule has 0 aliphatic carbocycles. The molecule has 2 heterocycles. The van der Waals surface area contributed by atoms with Crippen LogP contribution in [-0.2, 0) is 27.1 Å². The molecule has 1 aliphatic rings. The van der Waals surface area contributed by atoms with Crippen LogP contribution in [-0.4, -0.2) is 52.9 Å². The molecule has 2 N–H and O–H groups in total. The molecule has 8 heteroatoms. The lowest BCUT2D eigenvalue weighted by atomic mass is 9.70. The normalized spacial score (nSPS) is 16.4. The fourth-order valence-corrected chi connectivity index (χ4v) is 4.91. The van der Waals surface area contributed by atoms with Crippen molar-refractivity contribution in [2.24, 2.45) is 0 Å². The van der Waals surface area contributed by atoms with Crippen molar-refractivity contribution >= 4 is 17.8 Å². The van der Waals surface area contributed by atoms with Crippen molar-refractivity contribution in [3.8, 4) is 0 Å². The van der Waals surface area contributed by atoms with Crippen LogP contribution in [0.25, 0.3) is 0 Å². The maximum atomic E-state index is 13.2. The number of carbonyl (C=O) groups is 2. The Hall–Kier alpha value is -3.65. The number of piperidine rings is 1. The van der Waals surface area contributed by atoms with E-state index in [0.29, 0.717) is 5.82 Å². The van der Waals surface area contributed by atoms with E-state index in [-0.39, 0.29) is 23.5 Å². The number of benzene rings is 2. The Kier molecular flexibility index (Phi) is 8.21. The minimum atomic E-state index is -0.795. The number of nitrogens with zero attached hydrogens (tertiary/aromatic N) is 3. The number of rotatable bonds is 7. The van der Waals surface area contributed by atoms with E-state index < -0.39 is 12.1 Å². The summed E-state index contributed by atoms with van der Waals surface area (Å²) in [5.74, 6) is 0.272. The lowest BCUT2D eigenvalue weighted by Gasteiger charge is -2.40. The highest BCUT2D eigenvalue weighted by molar-refractivity contribution is 5.95. The van der Waals surface area contributed by atoms with Gasteiger partial charge in [0.2, 0.25) is 5.91 Å². The summed E-state index contributed by atoms with van der Waals surface area (Å²) >= 11 is 0. The molecule has 1 atom stereocenters. The molecular formula is C30H39N5O3. The second-order valence-corrected chi connectivity index (χ2v) is 11.2. The van der Waals surface area contributed by atoms with Crippen molar-refractivity contribution in [3.63, 3.8) is 0 Å². The average molecular weight is 518 g/mol. The molecule has 2 aromatic carbocycles. The van der Waals surface area contributed by atoms with Gasteiger partial charge in [0.05, 0.1) is 11.2 Å². The first-order valence-corrected chi connectivity index (χ1v) is 13.2. The van der Waals surface area contributed by atoms with Gasteiger partial charge in [-0.3, -0.25) is 4.79 Å². The molecule has 4 rings (SSSR count). The Morgan fingerprint density at radius 1 is 1.03 bits per heavy atom. The summed E-state index contributed by atoms with van der Waals surface area (Å²) in [6.45, 7) is 9.89. The van der Waals surface area contributed by atoms with Crippen LogP contribution in [0.5, 0.6) is 0 Å². The van der Waals surface area contributed by atoms with Gasteiger partial charge in [-0.05, 0) is 71.8 Å². The third-order valence-corrected chi connectivity index (χ3v) is 7.19. The van der Waals surface area contributed by atoms with E-state index in [1.807, 2.05) is 47.1 Å². The molecule has 8 nitrogen and oxygen atoms in total. The van der Waals surface area contributed by atoms with Gasteiger partial charge in [0.15, 0.2) is 0 Å². The summed E-state index contributed by atoms with van der Waals surface area (Å²) in [7, 11) is 2.15. The van der Waals surface area contributed by atoms with Crippen molar-refractivity contribution in [2.45, 2.75) is 64.1 Å². The number of amides is 2. The van der Waals surface area contributed by atoms with E-state index in [2.05, 4.69) is 67.6 Å². The van der Waals surface area contributed by atoms with Crippen molar-refractivity contribution in [1.29, 1.82) is 0 Å². The van der Waals surface area contributed by atoms with Gasteiger partial charge in [-0.1, -0.05) is 60.7 Å². The Balaban J connectivity index is 1.53. The molecule has 2 amide bonds. The zero-order valence-corrected chi connectivity index (χ0v) is 23.0. The number of nitrogens with one attached hydrogen (secondary N) is 2. The predicted octanol–water partition coefficient (Wildman–Crippen LogP) is 4.90. The smallest absolute Gasteiger partial charge is 0.408 e. The van der Waals surface area contributed by atoms with Crippen LogP contribution in [0.2, 0.25) is 0 Å². The summed E-state index contributed by atoms with van der Waals surface area (Å²) in [5, 5.41) is 10.7. The zero-order chi connectivity index (χ0) is 27.3. The number of carbonyl (C=O) groups excluding carboxylic acids is 2. The van der Waals surface area contributed by atoms with E-state index in [0.717, 1.165) is 37.2 Å². The second-order valence-electron chi connectivity index (χ2n) is 11.2. The maximum Gasteiger partial charge on any atom is 0.408 e. The van der Waals surface area contributed by atoms with Crippen LogP contribution in [0.1, 0.15) is 57.4 Å². The Morgan fingerprint density at radius 2 is 1.63 bits per heavy atom. The summed E-state index contributed by atoms with van der Waals surface area (Å²) in [6, 6.07) is 21.1. The molecular weight excluding hydrogens is 478 g/mol. The third-order valence-electron chi connectivity index (χ3n) is 7.19. The number of anilines is 1. The van der Waals surface area contributed by atoms with Gasteiger partial charge < -0.3 is 20.3 Å². The second kappa shape index (κ2) is 11.4. The lowest BCUT2D eigenvalue weighted by Crippen LogP contribution is -2.42. The highest BCUT2D eigenvalue weighted by Gasteiger charge is 2.40. The molecule has 0 spiro atoms. The number of alkyl carbamates (subject to hydrolysis) is 1. The molecule has 38 heavy (non-hydrogen) atoms. The summed E-state index contributed by atoms with van der Waals surface area (Å²) in [4.78, 5) is 27.8. The van der Waals surface area contributed by atoms with Gasteiger partial charge in [0, 0.05) is 11.5 Å². The minimum absolute atomic E-state index is 0.137. The van der Waals surface area contributed by atoms with Gasteiger partial charge in [0.25, 0.3) is 0 Å².